The van der Waals surface area contributed by atoms with Gasteiger partial charge in [-0.2, -0.15) is 4.37 Å². The van der Waals surface area contributed by atoms with Gasteiger partial charge < -0.3 is 11.1 Å². The highest BCUT2D eigenvalue weighted by Gasteiger charge is 2.41. The molecule has 1 aromatic heterocycles. The second kappa shape index (κ2) is 5.76. The Morgan fingerprint density at radius 2 is 2.00 bits per heavy atom. The molecule has 0 aromatic carbocycles. The van der Waals surface area contributed by atoms with Gasteiger partial charge in [0.05, 0.1) is 5.25 Å². The highest BCUT2D eigenvalue weighted by atomic mass is 32.2. The van der Waals surface area contributed by atoms with E-state index in [0.717, 1.165) is 25.7 Å². The minimum Gasteiger partial charge on any atom is -0.382 e. The molecule has 2 aliphatic carbocycles. The Labute approximate surface area is 130 Å². The molecule has 2 unspecified atom stereocenters. The quantitative estimate of drug-likeness (QED) is 0.867. The van der Waals surface area contributed by atoms with E-state index in [2.05, 4.69) is 16.6 Å². The first-order valence-corrected chi connectivity index (χ1v) is 10.1. The first kappa shape index (κ1) is 15.1. The zero-order valence-corrected chi connectivity index (χ0v) is 14.0. The molecular weight excluding hydrogens is 306 g/mol. The number of nitrogens with zero attached hydrogens (tertiary/aromatic N) is 1. The van der Waals surface area contributed by atoms with Gasteiger partial charge in [0.1, 0.15) is 9.90 Å². The van der Waals surface area contributed by atoms with Crippen LogP contribution < -0.4 is 11.1 Å². The van der Waals surface area contributed by atoms with Crippen LogP contribution in [0.3, 0.4) is 0 Å². The van der Waals surface area contributed by atoms with Gasteiger partial charge in [-0.05, 0) is 43.1 Å². The summed E-state index contributed by atoms with van der Waals surface area (Å²) >= 11 is 1.19. The van der Waals surface area contributed by atoms with E-state index in [1.165, 1.54) is 30.8 Å². The number of hydrogen-bond acceptors (Lipinski definition) is 6. The van der Waals surface area contributed by atoms with Crippen LogP contribution in [-0.4, -0.2) is 24.1 Å². The van der Waals surface area contributed by atoms with Gasteiger partial charge in [0.15, 0.2) is 15.7 Å². The third-order valence-electron chi connectivity index (χ3n) is 4.67. The lowest BCUT2D eigenvalue weighted by atomic mass is 9.83. The molecular formula is C14H23N3O2S2. The van der Waals surface area contributed by atoms with Crippen molar-refractivity contribution in [2.45, 2.75) is 68.1 Å². The first-order valence-electron chi connectivity index (χ1n) is 7.79. The van der Waals surface area contributed by atoms with E-state index in [-0.39, 0.29) is 16.0 Å². The molecule has 2 fully saturated rings. The maximum atomic E-state index is 12.5. The fourth-order valence-corrected chi connectivity index (χ4v) is 6.20. The van der Waals surface area contributed by atoms with Crippen LogP contribution >= 0.6 is 11.5 Å². The topological polar surface area (TPSA) is 85.1 Å². The van der Waals surface area contributed by atoms with Crippen molar-refractivity contribution in [2.75, 3.05) is 11.1 Å². The summed E-state index contributed by atoms with van der Waals surface area (Å²) in [5.41, 5.74) is 5.85. The van der Waals surface area contributed by atoms with Crippen LogP contribution in [0.1, 0.15) is 51.9 Å². The van der Waals surface area contributed by atoms with Gasteiger partial charge in [0.25, 0.3) is 0 Å². The van der Waals surface area contributed by atoms with Crippen molar-refractivity contribution >= 4 is 32.2 Å². The van der Waals surface area contributed by atoms with Gasteiger partial charge in [-0.15, -0.1) is 0 Å². The number of sulfone groups is 1. The van der Waals surface area contributed by atoms with Crippen LogP contribution in [0, 0.1) is 5.92 Å². The molecule has 2 saturated carbocycles. The Morgan fingerprint density at radius 3 is 2.67 bits per heavy atom. The number of rotatable bonds is 5. The molecule has 21 heavy (non-hydrogen) atoms. The highest BCUT2D eigenvalue weighted by Crippen LogP contribution is 2.42. The second-order valence-electron chi connectivity index (χ2n) is 6.17. The Morgan fingerprint density at radius 1 is 1.29 bits per heavy atom. The van der Waals surface area contributed by atoms with E-state index in [0.29, 0.717) is 17.0 Å². The summed E-state index contributed by atoms with van der Waals surface area (Å²) in [6.45, 7) is 2.20. The van der Waals surface area contributed by atoms with Gasteiger partial charge in [-0.1, -0.05) is 26.2 Å². The number of nitrogen functional groups attached to an aromatic ring is 1. The van der Waals surface area contributed by atoms with Crippen molar-refractivity contribution < 1.29 is 8.42 Å². The highest BCUT2D eigenvalue weighted by molar-refractivity contribution is 7.92. The molecule has 118 valence electrons. The van der Waals surface area contributed by atoms with Gasteiger partial charge in [0, 0.05) is 6.04 Å². The zero-order valence-electron chi connectivity index (χ0n) is 12.3. The van der Waals surface area contributed by atoms with E-state index in [9.17, 15) is 8.42 Å². The van der Waals surface area contributed by atoms with Crippen LogP contribution in [0.2, 0.25) is 0 Å². The smallest absolute Gasteiger partial charge is 0.187 e. The maximum Gasteiger partial charge on any atom is 0.187 e. The van der Waals surface area contributed by atoms with Crippen molar-refractivity contribution in [1.29, 1.82) is 0 Å². The summed E-state index contributed by atoms with van der Waals surface area (Å²) in [4.78, 5) is 0.260. The van der Waals surface area contributed by atoms with E-state index in [4.69, 9.17) is 5.73 Å². The Kier molecular flexibility index (Phi) is 4.14. The average Bonchev–Trinajstić information content (AvgIpc) is 3.25. The number of nitrogens with two attached hydrogens (primary N) is 1. The molecule has 2 atom stereocenters. The van der Waals surface area contributed by atoms with Crippen LogP contribution in [0.4, 0.5) is 10.8 Å². The summed E-state index contributed by atoms with van der Waals surface area (Å²) < 4.78 is 29.2. The molecule has 0 radical (unpaired) electrons. The minimum atomic E-state index is -3.30. The largest absolute Gasteiger partial charge is 0.382 e. The molecule has 3 rings (SSSR count). The molecule has 0 saturated heterocycles. The average molecular weight is 329 g/mol. The lowest BCUT2D eigenvalue weighted by Crippen LogP contribution is -2.32. The Bertz CT molecular complexity index is 608. The number of nitrogens with one attached hydrogen (secondary N) is 1. The molecule has 2 aliphatic rings. The van der Waals surface area contributed by atoms with Gasteiger partial charge in [-0.25, -0.2) is 8.42 Å². The van der Waals surface area contributed by atoms with Crippen molar-refractivity contribution in [2.24, 2.45) is 5.92 Å². The SMILES string of the molecule is CCC1CCCCC1Nc1snc(N)c1S(=O)(=O)C1CC1. The molecule has 5 nitrogen and oxygen atoms in total. The second-order valence-corrected chi connectivity index (χ2v) is 9.11. The molecule has 3 N–H and O–H groups in total. The molecule has 0 bridgehead atoms. The summed E-state index contributed by atoms with van der Waals surface area (Å²) in [5, 5.41) is 3.87. The summed E-state index contributed by atoms with van der Waals surface area (Å²) in [7, 11) is -3.30. The van der Waals surface area contributed by atoms with E-state index in [1.54, 1.807) is 0 Å². The van der Waals surface area contributed by atoms with E-state index < -0.39 is 9.84 Å². The summed E-state index contributed by atoms with van der Waals surface area (Å²) in [6.07, 6.45) is 7.40. The fraction of sp³-hybridized carbons (Fsp3) is 0.786. The molecule has 7 heteroatoms. The maximum absolute atomic E-state index is 12.5. The predicted octanol–water partition coefficient (Wildman–Crippen LogP) is 3.04. The Balaban J connectivity index is 1.86. The molecule has 0 spiro atoms. The predicted molar refractivity (Wildman–Crippen MR) is 86.4 cm³/mol. The molecule has 1 aromatic rings. The first-order chi connectivity index (χ1) is 10.0. The van der Waals surface area contributed by atoms with E-state index in [1.807, 2.05) is 0 Å². The van der Waals surface area contributed by atoms with Crippen molar-refractivity contribution in [3.8, 4) is 0 Å². The third-order valence-corrected chi connectivity index (χ3v) is 7.92. The lowest BCUT2D eigenvalue weighted by molar-refractivity contribution is 0.317. The minimum absolute atomic E-state index is 0.165. The zero-order chi connectivity index (χ0) is 15.0. The number of anilines is 2. The monoisotopic (exact) mass is 329 g/mol. The van der Waals surface area contributed by atoms with Crippen LogP contribution in [-0.2, 0) is 9.84 Å². The van der Waals surface area contributed by atoms with Gasteiger partial charge >= 0.3 is 0 Å². The molecule has 1 heterocycles. The number of aromatic nitrogens is 1. The summed E-state index contributed by atoms with van der Waals surface area (Å²) in [6, 6.07) is 0.344. The lowest BCUT2D eigenvalue weighted by Gasteiger charge is -2.31. The normalized spacial score (nSPS) is 26.7. The fourth-order valence-electron chi connectivity index (χ4n) is 3.26. The summed E-state index contributed by atoms with van der Waals surface area (Å²) in [5.74, 6) is 0.775. The van der Waals surface area contributed by atoms with Crippen molar-refractivity contribution in [3.63, 3.8) is 0 Å². The van der Waals surface area contributed by atoms with Gasteiger partial charge in [-0.3, -0.25) is 0 Å². The Hall–Kier alpha value is -0.820. The standard InChI is InChI=1S/C14H23N3O2S2/c1-2-9-5-3-4-6-11(9)16-14-12(13(15)17-20-14)21(18,19)10-7-8-10/h9-11,16H,2-8H2,1H3,(H2,15,17). The van der Waals surface area contributed by atoms with Crippen molar-refractivity contribution in [1.82, 2.24) is 4.37 Å². The third kappa shape index (κ3) is 2.90. The van der Waals surface area contributed by atoms with Crippen molar-refractivity contribution in [3.05, 3.63) is 0 Å². The molecule has 0 aliphatic heterocycles. The van der Waals surface area contributed by atoms with Crippen LogP contribution in [0.25, 0.3) is 0 Å². The van der Waals surface area contributed by atoms with Crippen LogP contribution in [0.15, 0.2) is 4.90 Å². The van der Waals surface area contributed by atoms with Gasteiger partial charge in [0.2, 0.25) is 0 Å². The molecule has 0 amide bonds. The van der Waals surface area contributed by atoms with E-state index >= 15 is 0 Å². The van der Waals surface area contributed by atoms with Crippen LogP contribution in [0.5, 0.6) is 0 Å². The number of hydrogen-bond donors (Lipinski definition) is 2.